The summed E-state index contributed by atoms with van der Waals surface area (Å²) in [6.45, 7) is 0.848. The highest BCUT2D eigenvalue weighted by molar-refractivity contribution is 5.20. The summed E-state index contributed by atoms with van der Waals surface area (Å²) < 4.78 is 61.3. The molecule has 8 heteroatoms. The molecule has 0 amide bonds. The van der Waals surface area contributed by atoms with Crippen LogP contribution in [0.4, 0.5) is 22.0 Å². The fourth-order valence-corrected chi connectivity index (χ4v) is 0.919. The second kappa shape index (κ2) is 3.28. The number of halogens is 5. The second-order valence-corrected chi connectivity index (χ2v) is 2.78. The van der Waals surface area contributed by atoms with Crippen molar-refractivity contribution in [2.75, 3.05) is 0 Å². The number of H-pyrrole nitrogens is 1. The van der Waals surface area contributed by atoms with E-state index in [1.807, 2.05) is 4.98 Å². The Morgan fingerprint density at radius 3 is 2.27 bits per heavy atom. The zero-order chi connectivity index (χ0) is 11.9. The van der Waals surface area contributed by atoms with Gasteiger partial charge in [0.2, 0.25) is 0 Å². The third-order valence-electron chi connectivity index (χ3n) is 1.74. The van der Waals surface area contributed by atoms with E-state index in [4.69, 9.17) is 0 Å². The van der Waals surface area contributed by atoms with Crippen molar-refractivity contribution in [2.24, 2.45) is 0 Å². The number of alkyl halides is 5. The predicted molar refractivity (Wildman–Crippen MR) is 39.5 cm³/mol. The molecule has 84 valence electrons. The summed E-state index contributed by atoms with van der Waals surface area (Å²) in [5.74, 6) is -5.12. The summed E-state index contributed by atoms with van der Waals surface area (Å²) in [7, 11) is 0. The quantitative estimate of drug-likeness (QED) is 0.744. The third kappa shape index (κ3) is 1.83. The predicted octanol–water partition coefficient (Wildman–Crippen LogP) is 1.73. The lowest BCUT2D eigenvalue weighted by Crippen LogP contribution is -2.37. The number of nitrogens with one attached hydrogen (secondary N) is 1. The molecule has 0 spiro atoms. The first-order valence-electron chi connectivity index (χ1n) is 3.67. The molecule has 0 radical (unpaired) electrons. The van der Waals surface area contributed by atoms with Crippen molar-refractivity contribution in [3.05, 3.63) is 27.9 Å². The Hall–Kier alpha value is -1.47. The van der Waals surface area contributed by atoms with Crippen molar-refractivity contribution in [3.63, 3.8) is 0 Å². The molecular formula is C7H5F5N2O. The maximum Gasteiger partial charge on any atom is 0.459 e. The van der Waals surface area contributed by atoms with Gasteiger partial charge in [-0.15, -0.1) is 0 Å². The Morgan fingerprint density at radius 2 is 1.80 bits per heavy atom. The van der Waals surface area contributed by atoms with Crippen LogP contribution in [0.1, 0.15) is 11.3 Å². The second-order valence-electron chi connectivity index (χ2n) is 2.78. The van der Waals surface area contributed by atoms with Gasteiger partial charge in [0.1, 0.15) is 5.69 Å². The average Bonchev–Trinajstić information content (AvgIpc) is 2.07. The van der Waals surface area contributed by atoms with E-state index < -0.39 is 28.9 Å². The lowest BCUT2D eigenvalue weighted by molar-refractivity contribution is -0.291. The smallest absolute Gasteiger partial charge is 0.313 e. The molecular weight excluding hydrogens is 223 g/mol. The molecule has 1 heterocycles. The largest absolute Gasteiger partial charge is 0.459 e. The molecule has 0 unspecified atom stereocenters. The van der Waals surface area contributed by atoms with Crippen LogP contribution in [-0.4, -0.2) is 16.1 Å². The summed E-state index contributed by atoms with van der Waals surface area (Å²) in [4.78, 5) is 15.6. The molecule has 1 aromatic heterocycles. The summed E-state index contributed by atoms with van der Waals surface area (Å²) in [5, 5.41) is 0. The van der Waals surface area contributed by atoms with E-state index in [0.717, 1.165) is 6.92 Å². The zero-order valence-corrected chi connectivity index (χ0v) is 7.32. The van der Waals surface area contributed by atoms with Crippen LogP contribution in [0.15, 0.2) is 11.1 Å². The molecule has 1 aromatic rings. The highest BCUT2D eigenvalue weighted by atomic mass is 19.4. The third-order valence-corrected chi connectivity index (χ3v) is 1.74. The molecule has 0 fully saturated rings. The lowest BCUT2D eigenvalue weighted by Gasteiger charge is -2.19. The molecule has 0 aliphatic rings. The average molecular weight is 228 g/mol. The molecule has 1 N–H and O–H groups in total. The Morgan fingerprint density at radius 1 is 1.27 bits per heavy atom. The van der Waals surface area contributed by atoms with E-state index in [1.54, 1.807) is 0 Å². The van der Waals surface area contributed by atoms with Crippen LogP contribution in [0, 0.1) is 6.92 Å². The maximum absolute atomic E-state index is 12.8. The van der Waals surface area contributed by atoms with Crippen molar-refractivity contribution in [2.45, 2.75) is 19.0 Å². The fraction of sp³-hybridized carbons (Fsp3) is 0.429. The highest BCUT2D eigenvalue weighted by Crippen LogP contribution is 2.43. The SMILES string of the molecule is Cc1c(C(F)(F)C(F)(F)F)nc[nH]c1=O. The van der Waals surface area contributed by atoms with Crippen LogP contribution in [0.5, 0.6) is 0 Å². The van der Waals surface area contributed by atoms with Gasteiger partial charge >= 0.3 is 12.1 Å². The maximum atomic E-state index is 12.8. The Kier molecular flexibility index (Phi) is 2.54. The highest BCUT2D eigenvalue weighted by Gasteiger charge is 2.60. The van der Waals surface area contributed by atoms with Crippen molar-refractivity contribution >= 4 is 0 Å². The molecule has 0 saturated heterocycles. The molecule has 3 nitrogen and oxygen atoms in total. The molecule has 0 aliphatic heterocycles. The molecule has 15 heavy (non-hydrogen) atoms. The number of hydrogen-bond acceptors (Lipinski definition) is 2. The first kappa shape index (κ1) is 11.6. The van der Waals surface area contributed by atoms with Crippen LogP contribution in [-0.2, 0) is 5.92 Å². The number of aromatic amines is 1. The monoisotopic (exact) mass is 228 g/mol. The standard InChI is InChI=1S/C7H5F5N2O/c1-3-4(13-2-14-5(3)15)6(8,9)7(10,11)12/h2H,1H3,(H,13,14,15). The normalized spacial score (nSPS) is 12.9. The van der Waals surface area contributed by atoms with Gasteiger partial charge in [0.15, 0.2) is 0 Å². The summed E-state index contributed by atoms with van der Waals surface area (Å²) in [6, 6.07) is 0. The number of rotatable bonds is 1. The van der Waals surface area contributed by atoms with Crippen molar-refractivity contribution in [3.8, 4) is 0 Å². The van der Waals surface area contributed by atoms with Gasteiger partial charge in [-0.1, -0.05) is 0 Å². The van der Waals surface area contributed by atoms with E-state index in [9.17, 15) is 26.7 Å². The van der Waals surface area contributed by atoms with Gasteiger partial charge in [-0.2, -0.15) is 22.0 Å². The van der Waals surface area contributed by atoms with Gasteiger partial charge in [0.25, 0.3) is 5.56 Å². The molecule has 0 atom stereocenters. The number of aromatic nitrogens is 2. The van der Waals surface area contributed by atoms with Gasteiger partial charge in [0.05, 0.1) is 6.33 Å². The summed E-state index contributed by atoms with van der Waals surface area (Å²) >= 11 is 0. The Balaban J connectivity index is 3.40. The Bertz CT molecular complexity index is 422. The van der Waals surface area contributed by atoms with Crippen LogP contribution < -0.4 is 5.56 Å². The first-order chi connectivity index (χ1) is 6.68. The fourth-order valence-electron chi connectivity index (χ4n) is 0.919. The topological polar surface area (TPSA) is 45.8 Å². The minimum Gasteiger partial charge on any atom is -0.313 e. The van der Waals surface area contributed by atoms with E-state index in [0.29, 0.717) is 6.33 Å². The van der Waals surface area contributed by atoms with Gasteiger partial charge in [-0.05, 0) is 6.92 Å². The summed E-state index contributed by atoms with van der Waals surface area (Å²) in [5.41, 5.74) is -3.34. The van der Waals surface area contributed by atoms with Gasteiger partial charge in [0, 0.05) is 5.56 Å². The van der Waals surface area contributed by atoms with E-state index in [-0.39, 0.29) is 0 Å². The van der Waals surface area contributed by atoms with E-state index >= 15 is 0 Å². The first-order valence-corrected chi connectivity index (χ1v) is 3.67. The van der Waals surface area contributed by atoms with Crippen molar-refractivity contribution in [1.82, 2.24) is 9.97 Å². The van der Waals surface area contributed by atoms with Crippen LogP contribution in [0.2, 0.25) is 0 Å². The zero-order valence-electron chi connectivity index (χ0n) is 7.32. The molecule has 0 aliphatic carbocycles. The van der Waals surface area contributed by atoms with E-state index in [2.05, 4.69) is 4.98 Å². The van der Waals surface area contributed by atoms with Crippen molar-refractivity contribution in [1.29, 1.82) is 0 Å². The number of hydrogen-bond donors (Lipinski definition) is 1. The van der Waals surface area contributed by atoms with Crippen molar-refractivity contribution < 1.29 is 22.0 Å². The molecule has 0 bridgehead atoms. The molecule has 0 saturated carbocycles. The van der Waals surface area contributed by atoms with Crippen LogP contribution >= 0.6 is 0 Å². The van der Waals surface area contributed by atoms with Crippen LogP contribution in [0.3, 0.4) is 0 Å². The molecule has 1 rings (SSSR count). The Labute approximate surface area is 80.0 Å². The molecule has 0 aromatic carbocycles. The van der Waals surface area contributed by atoms with Crippen LogP contribution in [0.25, 0.3) is 0 Å². The van der Waals surface area contributed by atoms with Gasteiger partial charge in [-0.25, -0.2) is 4.98 Å². The minimum atomic E-state index is -5.77. The number of nitrogens with zero attached hydrogens (tertiary/aromatic N) is 1. The van der Waals surface area contributed by atoms with E-state index in [1.165, 1.54) is 0 Å². The lowest BCUT2D eigenvalue weighted by atomic mass is 10.1. The van der Waals surface area contributed by atoms with Gasteiger partial charge in [-0.3, -0.25) is 4.79 Å². The van der Waals surface area contributed by atoms with Gasteiger partial charge < -0.3 is 4.98 Å². The summed E-state index contributed by atoms with van der Waals surface area (Å²) in [6.07, 6.45) is -5.26. The minimum absolute atomic E-state index is 0.504.